The fraction of sp³-hybridized carbons (Fsp3) is 0.333. The maximum absolute atomic E-state index is 6.26. The Labute approximate surface area is 120 Å². The summed E-state index contributed by atoms with van der Waals surface area (Å²) in [7, 11) is 1.77. The molecule has 1 aliphatic rings. The molecule has 2 aromatic rings. The molecule has 3 rings (SSSR count). The fourth-order valence-electron chi connectivity index (χ4n) is 3.18. The molecule has 104 valence electrons. The van der Waals surface area contributed by atoms with Crippen molar-refractivity contribution in [2.24, 2.45) is 0 Å². The molecule has 0 fully saturated rings. The van der Waals surface area contributed by atoms with Gasteiger partial charge in [0.25, 0.3) is 0 Å². The Morgan fingerprint density at radius 1 is 0.950 bits per heavy atom. The summed E-state index contributed by atoms with van der Waals surface area (Å²) in [6, 6.07) is 18.5. The monoisotopic (exact) mass is 268 g/mol. The third-order valence-corrected chi connectivity index (χ3v) is 4.34. The van der Waals surface area contributed by atoms with Crippen LogP contribution in [0.2, 0.25) is 0 Å². The smallest absolute Gasteiger partial charge is 0.137 e. The van der Waals surface area contributed by atoms with E-state index in [0.29, 0.717) is 0 Å². The first kappa shape index (κ1) is 13.2. The number of methoxy groups -OCH3 is 1. The van der Waals surface area contributed by atoms with E-state index < -0.39 is 11.2 Å². The molecule has 0 N–H and O–H groups in total. The zero-order valence-corrected chi connectivity index (χ0v) is 12.2. The number of ether oxygens (including phenoxy) is 2. The van der Waals surface area contributed by atoms with Gasteiger partial charge in [-0.3, -0.25) is 0 Å². The molecule has 0 aromatic heterocycles. The number of hydrogen-bond donors (Lipinski definition) is 0. The van der Waals surface area contributed by atoms with E-state index in [1.807, 2.05) is 36.4 Å². The molecule has 2 aromatic carbocycles. The topological polar surface area (TPSA) is 18.5 Å². The van der Waals surface area contributed by atoms with Gasteiger partial charge >= 0.3 is 0 Å². The van der Waals surface area contributed by atoms with E-state index in [-0.39, 0.29) is 0 Å². The van der Waals surface area contributed by atoms with Crippen molar-refractivity contribution >= 4 is 0 Å². The van der Waals surface area contributed by atoms with E-state index >= 15 is 0 Å². The highest BCUT2D eigenvalue weighted by Crippen LogP contribution is 2.47. The van der Waals surface area contributed by atoms with E-state index in [1.54, 1.807) is 7.11 Å². The van der Waals surface area contributed by atoms with Crippen molar-refractivity contribution in [3.8, 4) is 5.75 Å². The third-order valence-electron chi connectivity index (χ3n) is 4.34. The quantitative estimate of drug-likeness (QED) is 0.821. The summed E-state index contributed by atoms with van der Waals surface area (Å²) < 4.78 is 12.3. The molecule has 1 unspecified atom stereocenters. The predicted molar refractivity (Wildman–Crippen MR) is 80.0 cm³/mol. The fourth-order valence-corrected chi connectivity index (χ4v) is 3.18. The van der Waals surface area contributed by atoms with E-state index in [0.717, 1.165) is 17.7 Å². The van der Waals surface area contributed by atoms with Gasteiger partial charge in [-0.2, -0.15) is 0 Å². The van der Waals surface area contributed by atoms with Gasteiger partial charge in [0.1, 0.15) is 17.0 Å². The highest BCUT2D eigenvalue weighted by molar-refractivity contribution is 5.42. The zero-order valence-electron chi connectivity index (χ0n) is 12.2. The number of benzene rings is 2. The molecule has 2 heteroatoms. The molecule has 0 saturated heterocycles. The van der Waals surface area contributed by atoms with Crippen LogP contribution in [0.4, 0.5) is 0 Å². The summed E-state index contributed by atoms with van der Waals surface area (Å²) in [5.74, 6) is 0.959. The normalized spacial score (nSPS) is 23.8. The van der Waals surface area contributed by atoms with Crippen LogP contribution in [0, 0.1) is 0 Å². The Balaban J connectivity index is 2.16. The SMILES string of the molecule is COC1(c2ccccc2)Cc2ccccc2OC1(C)C. The van der Waals surface area contributed by atoms with Crippen LogP contribution in [0.15, 0.2) is 54.6 Å². The summed E-state index contributed by atoms with van der Waals surface area (Å²) in [5.41, 5.74) is 1.44. The molecule has 20 heavy (non-hydrogen) atoms. The summed E-state index contributed by atoms with van der Waals surface area (Å²) >= 11 is 0. The Morgan fingerprint density at radius 2 is 1.60 bits per heavy atom. The number of para-hydroxylation sites is 1. The van der Waals surface area contributed by atoms with Gasteiger partial charge in [-0.15, -0.1) is 0 Å². The van der Waals surface area contributed by atoms with E-state index in [9.17, 15) is 0 Å². The Bertz CT molecular complexity index is 604. The van der Waals surface area contributed by atoms with Crippen molar-refractivity contribution < 1.29 is 9.47 Å². The molecule has 0 bridgehead atoms. The molecular formula is C18H20O2. The lowest BCUT2D eigenvalue weighted by atomic mass is 9.73. The van der Waals surface area contributed by atoms with Gasteiger partial charge in [0.2, 0.25) is 0 Å². The summed E-state index contributed by atoms with van der Waals surface area (Å²) in [6.45, 7) is 4.19. The Hall–Kier alpha value is -1.80. The second-order valence-corrected chi connectivity index (χ2v) is 5.79. The molecule has 0 amide bonds. The first-order valence-electron chi connectivity index (χ1n) is 6.97. The van der Waals surface area contributed by atoms with Gasteiger partial charge in [-0.05, 0) is 31.0 Å². The molecule has 0 saturated carbocycles. The summed E-state index contributed by atoms with van der Waals surface area (Å²) in [5, 5.41) is 0. The maximum Gasteiger partial charge on any atom is 0.137 e. The minimum Gasteiger partial charge on any atom is -0.484 e. The molecule has 1 aliphatic heterocycles. The first-order valence-corrected chi connectivity index (χ1v) is 6.97. The second-order valence-electron chi connectivity index (χ2n) is 5.79. The van der Waals surface area contributed by atoms with Gasteiger partial charge in [-0.1, -0.05) is 48.5 Å². The summed E-state index contributed by atoms with van der Waals surface area (Å²) in [6.07, 6.45) is 0.816. The zero-order chi connectivity index (χ0) is 14.2. The van der Waals surface area contributed by atoms with E-state index in [1.165, 1.54) is 5.56 Å². The number of hydrogen-bond acceptors (Lipinski definition) is 2. The van der Waals surface area contributed by atoms with Crippen molar-refractivity contribution in [3.05, 3.63) is 65.7 Å². The van der Waals surface area contributed by atoms with Crippen LogP contribution in [0.3, 0.4) is 0 Å². The van der Waals surface area contributed by atoms with Crippen molar-refractivity contribution in [3.63, 3.8) is 0 Å². The van der Waals surface area contributed by atoms with Crippen LogP contribution in [0.1, 0.15) is 25.0 Å². The van der Waals surface area contributed by atoms with Gasteiger partial charge in [0.15, 0.2) is 0 Å². The minimum atomic E-state index is -0.470. The van der Waals surface area contributed by atoms with Crippen LogP contribution in [-0.2, 0) is 16.8 Å². The lowest BCUT2D eigenvalue weighted by molar-refractivity contribution is -0.155. The lowest BCUT2D eigenvalue weighted by Gasteiger charge is -2.49. The molecule has 1 heterocycles. The summed E-state index contributed by atoms with van der Waals surface area (Å²) in [4.78, 5) is 0. The minimum absolute atomic E-state index is 0.433. The highest BCUT2D eigenvalue weighted by atomic mass is 16.6. The molecule has 1 atom stereocenters. The van der Waals surface area contributed by atoms with E-state index in [4.69, 9.17) is 9.47 Å². The molecule has 2 nitrogen and oxygen atoms in total. The van der Waals surface area contributed by atoms with Crippen LogP contribution < -0.4 is 4.74 Å². The third kappa shape index (κ3) is 1.83. The predicted octanol–water partition coefficient (Wildman–Crippen LogP) is 3.94. The molecule has 0 radical (unpaired) electrons. The van der Waals surface area contributed by atoms with Crippen molar-refractivity contribution in [1.29, 1.82) is 0 Å². The lowest BCUT2D eigenvalue weighted by Crippen LogP contribution is -2.56. The molecule has 0 aliphatic carbocycles. The van der Waals surface area contributed by atoms with Gasteiger partial charge in [-0.25, -0.2) is 0 Å². The second kappa shape index (κ2) is 4.64. The Morgan fingerprint density at radius 3 is 2.30 bits per heavy atom. The van der Waals surface area contributed by atoms with Crippen LogP contribution in [-0.4, -0.2) is 12.7 Å². The highest BCUT2D eigenvalue weighted by Gasteiger charge is 2.52. The number of rotatable bonds is 2. The average Bonchev–Trinajstić information content (AvgIpc) is 2.46. The van der Waals surface area contributed by atoms with Crippen LogP contribution in [0.25, 0.3) is 0 Å². The van der Waals surface area contributed by atoms with Crippen molar-refractivity contribution in [2.45, 2.75) is 31.5 Å². The maximum atomic E-state index is 6.26. The standard InChI is InChI=1S/C18H20O2/c1-17(2)18(19-3,15-10-5-4-6-11-15)13-14-9-7-8-12-16(14)20-17/h4-12H,13H2,1-3H3. The molecule has 0 spiro atoms. The number of fused-ring (bicyclic) bond motifs is 1. The van der Waals surface area contributed by atoms with Gasteiger partial charge in [0.05, 0.1) is 0 Å². The first-order chi connectivity index (χ1) is 9.59. The van der Waals surface area contributed by atoms with E-state index in [2.05, 4.69) is 32.0 Å². The van der Waals surface area contributed by atoms with Crippen molar-refractivity contribution in [1.82, 2.24) is 0 Å². The van der Waals surface area contributed by atoms with Crippen LogP contribution >= 0.6 is 0 Å². The van der Waals surface area contributed by atoms with Crippen molar-refractivity contribution in [2.75, 3.05) is 7.11 Å². The van der Waals surface area contributed by atoms with Gasteiger partial charge < -0.3 is 9.47 Å². The molecular weight excluding hydrogens is 248 g/mol. The largest absolute Gasteiger partial charge is 0.484 e. The van der Waals surface area contributed by atoms with Gasteiger partial charge in [0, 0.05) is 13.5 Å². The Kier molecular flexibility index (Phi) is 3.06. The van der Waals surface area contributed by atoms with Crippen LogP contribution in [0.5, 0.6) is 5.75 Å². The average molecular weight is 268 g/mol.